The molecule has 0 radical (unpaired) electrons. The Morgan fingerprint density at radius 2 is 1.88 bits per heavy atom. The number of nitrogens with zero attached hydrogens (tertiary/aromatic N) is 6. The minimum Gasteiger partial charge on any atom is -0.497 e. The predicted octanol–water partition coefficient (Wildman–Crippen LogP) is 5.46. The van der Waals surface area contributed by atoms with Crippen LogP contribution < -0.4 is 19.3 Å². The molecule has 40 heavy (non-hydrogen) atoms. The van der Waals surface area contributed by atoms with Crippen molar-refractivity contribution in [2.24, 2.45) is 10.2 Å². The normalized spacial score (nSPS) is 12.2. The fourth-order valence-electron chi connectivity index (χ4n) is 3.61. The van der Waals surface area contributed by atoms with E-state index in [2.05, 4.69) is 30.4 Å². The third-order valence-corrected chi connectivity index (χ3v) is 6.47. The van der Waals surface area contributed by atoms with Crippen LogP contribution in [-0.4, -0.2) is 51.5 Å². The smallest absolute Gasteiger partial charge is 0.360 e. The highest BCUT2D eigenvalue weighted by molar-refractivity contribution is 7.81. The minimum absolute atomic E-state index is 0.00744. The van der Waals surface area contributed by atoms with E-state index in [-0.39, 0.29) is 28.9 Å². The molecule has 0 aliphatic carbocycles. The van der Waals surface area contributed by atoms with E-state index in [0.717, 1.165) is 4.31 Å². The second-order valence-electron chi connectivity index (χ2n) is 8.35. The van der Waals surface area contributed by atoms with Gasteiger partial charge in [-0.05, 0) is 49.4 Å². The number of rotatable bonds is 10. The Morgan fingerprint density at radius 3 is 2.58 bits per heavy atom. The fourth-order valence-corrected chi connectivity index (χ4v) is 4.34. The zero-order valence-corrected chi connectivity index (χ0v) is 23.3. The van der Waals surface area contributed by atoms with Crippen molar-refractivity contribution in [2.45, 2.75) is 13.0 Å². The van der Waals surface area contributed by atoms with Gasteiger partial charge in [-0.25, -0.2) is 18.5 Å². The van der Waals surface area contributed by atoms with Gasteiger partial charge in [-0.15, -0.1) is 0 Å². The fraction of sp³-hybridized carbons (Fsp3) is 0.192. The van der Waals surface area contributed by atoms with E-state index in [4.69, 9.17) is 21.1 Å². The summed E-state index contributed by atoms with van der Waals surface area (Å²) in [7, 11) is 3.05. The highest BCUT2D eigenvalue weighted by Crippen LogP contribution is 2.36. The molecule has 0 spiro atoms. The molecule has 206 valence electrons. The number of amides is 1. The van der Waals surface area contributed by atoms with Gasteiger partial charge in [0.15, 0.2) is 17.7 Å². The standard InChI is InChI=1S/C26H24ClN7O5S/c1-16(15-38-2)31-33-32-26(35)17-7-6-8-18(13-17)34(40(36)37)25-24(28-21-9-4-5-10-22(21)30-25)29-23-14-19(39-3)11-12-20(23)27/h4-14,16H,15H2,1-3H3,(H-,28,29,36,37)/p+1. The molecule has 2 N–H and O–H groups in total. The molecule has 1 amide bonds. The van der Waals surface area contributed by atoms with Crippen molar-refractivity contribution < 1.29 is 23.0 Å². The molecule has 2 atom stereocenters. The summed E-state index contributed by atoms with van der Waals surface area (Å²) < 4.78 is 34.4. The molecule has 0 bridgehead atoms. The quantitative estimate of drug-likeness (QED) is 0.142. The van der Waals surface area contributed by atoms with Crippen LogP contribution in [0.15, 0.2) is 77.0 Å². The van der Waals surface area contributed by atoms with Gasteiger partial charge in [-0.2, -0.15) is 0 Å². The van der Waals surface area contributed by atoms with E-state index in [0.29, 0.717) is 34.1 Å². The second kappa shape index (κ2) is 13.2. The number of methoxy groups -OCH3 is 2. The van der Waals surface area contributed by atoms with E-state index in [9.17, 15) is 13.6 Å². The first-order valence-electron chi connectivity index (χ1n) is 11.8. The number of fused-ring (bicyclic) bond motifs is 1. The van der Waals surface area contributed by atoms with Crippen molar-refractivity contribution in [1.82, 2.24) is 14.9 Å². The molecule has 2 unspecified atom stereocenters. The Hall–Kier alpha value is -4.26. The summed E-state index contributed by atoms with van der Waals surface area (Å²) in [5, 5.41) is 11.0. The number of carbonyl (C=O) groups excluding carboxylic acids is 1. The van der Waals surface area contributed by atoms with Gasteiger partial charge < -0.3 is 14.8 Å². The number of anilines is 4. The average Bonchev–Trinajstić information content (AvgIpc) is 2.94. The van der Waals surface area contributed by atoms with E-state index in [1.165, 1.54) is 26.4 Å². The van der Waals surface area contributed by atoms with E-state index < -0.39 is 17.2 Å². The van der Waals surface area contributed by atoms with Gasteiger partial charge in [0, 0.05) is 13.2 Å². The van der Waals surface area contributed by atoms with Crippen LogP contribution in [0.2, 0.25) is 5.02 Å². The molecule has 1 heterocycles. The maximum atomic E-state index is 12.7. The van der Waals surface area contributed by atoms with Gasteiger partial charge in [-0.1, -0.05) is 29.8 Å². The molecule has 12 nitrogen and oxygen atoms in total. The Labute approximate surface area is 237 Å². The molecule has 0 saturated carbocycles. The summed E-state index contributed by atoms with van der Waals surface area (Å²) in [5.41, 5.74) is 1.74. The first-order valence-corrected chi connectivity index (χ1v) is 13.3. The highest BCUT2D eigenvalue weighted by atomic mass is 35.5. The van der Waals surface area contributed by atoms with Crippen LogP contribution >= 0.6 is 11.6 Å². The lowest BCUT2D eigenvalue weighted by Gasteiger charge is -2.22. The van der Waals surface area contributed by atoms with Crippen LogP contribution in [-0.2, 0) is 16.0 Å². The summed E-state index contributed by atoms with van der Waals surface area (Å²) in [6, 6.07) is 17.8. The summed E-state index contributed by atoms with van der Waals surface area (Å²) in [4.78, 5) is 25.5. The van der Waals surface area contributed by atoms with Crippen molar-refractivity contribution in [2.75, 3.05) is 30.4 Å². The van der Waals surface area contributed by atoms with E-state index in [1.807, 2.05) is 0 Å². The summed E-state index contributed by atoms with van der Waals surface area (Å²) in [5.74, 6) is -0.00912. The second-order valence-corrected chi connectivity index (χ2v) is 9.58. The summed E-state index contributed by atoms with van der Waals surface area (Å²) >= 11 is 3.78. The first-order chi connectivity index (χ1) is 19.3. The van der Waals surface area contributed by atoms with Crippen molar-refractivity contribution in [3.05, 3.63) is 77.3 Å². The van der Waals surface area contributed by atoms with Crippen LogP contribution in [0.5, 0.6) is 5.75 Å². The van der Waals surface area contributed by atoms with Gasteiger partial charge in [0.2, 0.25) is 10.0 Å². The first kappa shape index (κ1) is 28.7. The predicted molar refractivity (Wildman–Crippen MR) is 153 cm³/mol. The number of hydrogen-bond acceptors (Lipinski definition) is 8. The highest BCUT2D eigenvalue weighted by Gasteiger charge is 2.25. The molecular weight excluding hydrogens is 558 g/mol. The number of para-hydroxylation sites is 2. The SMILES string of the molecule is COCC(C)N=[N+]=NC(=O)c1cccc(N(c2nc3ccccc3nc2Nc2cc(OC)ccc2Cl)S(=O)O)c1. The molecule has 0 saturated heterocycles. The van der Waals surface area contributed by atoms with Crippen molar-refractivity contribution >= 4 is 62.8 Å². The zero-order valence-electron chi connectivity index (χ0n) is 21.7. The lowest BCUT2D eigenvalue weighted by Crippen LogP contribution is -2.22. The largest absolute Gasteiger partial charge is 0.497 e. The van der Waals surface area contributed by atoms with Gasteiger partial charge >= 0.3 is 5.91 Å². The number of benzene rings is 3. The number of ether oxygens (including phenoxy) is 2. The average molecular weight is 583 g/mol. The maximum absolute atomic E-state index is 12.7. The van der Waals surface area contributed by atoms with Crippen LogP contribution in [0.3, 0.4) is 0 Å². The van der Waals surface area contributed by atoms with Crippen molar-refractivity contribution in [3.8, 4) is 5.75 Å². The lowest BCUT2D eigenvalue weighted by atomic mass is 10.2. The number of hydrogen-bond donors (Lipinski definition) is 2. The molecule has 0 aliphatic heterocycles. The van der Waals surface area contributed by atoms with E-state index >= 15 is 0 Å². The Bertz CT molecular complexity index is 1630. The Kier molecular flexibility index (Phi) is 9.48. The van der Waals surface area contributed by atoms with Gasteiger partial charge in [0.1, 0.15) is 10.9 Å². The number of aromatic nitrogens is 2. The summed E-state index contributed by atoms with van der Waals surface area (Å²) in [6.45, 7) is 2.08. The van der Waals surface area contributed by atoms with Crippen molar-refractivity contribution in [3.63, 3.8) is 0 Å². The molecule has 4 aromatic rings. The molecular formula is C26H25ClN7O5S+. The molecule has 0 aliphatic rings. The van der Waals surface area contributed by atoms with Crippen LogP contribution in [0, 0.1) is 0 Å². The Morgan fingerprint density at radius 1 is 1.12 bits per heavy atom. The monoisotopic (exact) mass is 582 g/mol. The third kappa shape index (κ3) is 6.84. The van der Waals surface area contributed by atoms with E-state index in [1.54, 1.807) is 61.5 Å². The third-order valence-electron chi connectivity index (χ3n) is 5.45. The van der Waals surface area contributed by atoms with Gasteiger partial charge in [-0.3, -0.25) is 9.35 Å². The summed E-state index contributed by atoms with van der Waals surface area (Å²) in [6.07, 6.45) is 0. The Balaban J connectivity index is 1.79. The molecule has 4 rings (SSSR count). The number of halogens is 1. The number of nitrogens with one attached hydrogen (secondary N) is 1. The zero-order chi connectivity index (χ0) is 28.6. The lowest BCUT2D eigenvalue weighted by molar-refractivity contribution is 0.0991. The van der Waals surface area contributed by atoms with Crippen LogP contribution in [0.4, 0.5) is 23.0 Å². The van der Waals surface area contributed by atoms with Crippen LogP contribution in [0.25, 0.3) is 11.0 Å². The number of carbonyl (C=O) groups is 1. The minimum atomic E-state index is -2.63. The van der Waals surface area contributed by atoms with Crippen molar-refractivity contribution in [1.29, 1.82) is 0 Å². The molecule has 3 aromatic carbocycles. The molecule has 1 aromatic heterocycles. The molecule has 14 heteroatoms. The topological polar surface area (TPSA) is 153 Å². The maximum Gasteiger partial charge on any atom is 0.360 e. The van der Waals surface area contributed by atoms with Crippen LogP contribution in [0.1, 0.15) is 17.3 Å². The van der Waals surface area contributed by atoms with Gasteiger partial charge in [0.05, 0.1) is 46.7 Å². The molecule has 0 fully saturated rings. The van der Waals surface area contributed by atoms with Gasteiger partial charge in [0.25, 0.3) is 11.3 Å².